The van der Waals surface area contributed by atoms with E-state index in [2.05, 4.69) is 4.98 Å². The first-order chi connectivity index (χ1) is 8.02. The minimum atomic E-state index is -0.413. The summed E-state index contributed by atoms with van der Waals surface area (Å²) in [6.07, 6.45) is 2.52. The van der Waals surface area contributed by atoms with Gasteiger partial charge < -0.3 is 10.6 Å². The first-order valence-corrected chi connectivity index (χ1v) is 5.93. The Kier molecular flexibility index (Phi) is 5.10. The third-order valence-corrected chi connectivity index (χ3v) is 2.81. The van der Waals surface area contributed by atoms with Crippen molar-refractivity contribution in [3.63, 3.8) is 0 Å². The van der Waals surface area contributed by atoms with Crippen molar-refractivity contribution in [3.8, 4) is 0 Å². The highest BCUT2D eigenvalue weighted by atomic mass is 16.2. The van der Waals surface area contributed by atoms with Gasteiger partial charge in [0, 0.05) is 31.9 Å². The van der Waals surface area contributed by atoms with E-state index >= 15 is 0 Å². The maximum atomic E-state index is 11.9. The van der Waals surface area contributed by atoms with Crippen LogP contribution in [0.5, 0.6) is 0 Å². The number of hydrogen-bond acceptors (Lipinski definition) is 3. The largest absolute Gasteiger partial charge is 0.344 e. The zero-order valence-corrected chi connectivity index (χ0v) is 10.8. The standard InChI is InChI=1S/C13H21N3O/c1-10(2)12(14)13(17)16(3)9-7-11-6-4-5-8-15-11/h4-6,8,10,12H,7,9,14H2,1-3H3/t12-/m0/s1. The molecule has 1 heterocycles. The number of aromatic nitrogens is 1. The van der Waals surface area contributed by atoms with Gasteiger partial charge in [-0.25, -0.2) is 0 Å². The number of carbonyl (C=O) groups excluding carboxylic acids is 1. The van der Waals surface area contributed by atoms with Crippen molar-refractivity contribution >= 4 is 5.91 Å². The summed E-state index contributed by atoms with van der Waals surface area (Å²) in [4.78, 5) is 17.8. The molecule has 17 heavy (non-hydrogen) atoms. The van der Waals surface area contributed by atoms with Gasteiger partial charge >= 0.3 is 0 Å². The first-order valence-electron chi connectivity index (χ1n) is 5.93. The second kappa shape index (κ2) is 6.35. The molecule has 0 aromatic carbocycles. The number of pyridine rings is 1. The molecule has 4 heteroatoms. The molecule has 0 aliphatic carbocycles. The second-order valence-corrected chi connectivity index (χ2v) is 4.60. The molecule has 1 aromatic heterocycles. The molecule has 0 bridgehead atoms. The van der Waals surface area contributed by atoms with Crippen molar-refractivity contribution < 1.29 is 4.79 Å². The van der Waals surface area contributed by atoms with E-state index in [0.29, 0.717) is 6.54 Å². The molecule has 1 amide bonds. The van der Waals surface area contributed by atoms with Crippen LogP contribution in [0.15, 0.2) is 24.4 Å². The predicted molar refractivity (Wildman–Crippen MR) is 68.4 cm³/mol. The van der Waals surface area contributed by atoms with E-state index in [9.17, 15) is 4.79 Å². The Morgan fingerprint density at radius 3 is 2.71 bits per heavy atom. The van der Waals surface area contributed by atoms with E-state index < -0.39 is 6.04 Å². The molecule has 4 nitrogen and oxygen atoms in total. The summed E-state index contributed by atoms with van der Waals surface area (Å²) in [7, 11) is 1.79. The Balaban J connectivity index is 2.45. The highest BCUT2D eigenvalue weighted by Gasteiger charge is 2.20. The van der Waals surface area contributed by atoms with Crippen molar-refractivity contribution in [1.29, 1.82) is 0 Å². The van der Waals surface area contributed by atoms with Crippen LogP contribution in [0.1, 0.15) is 19.5 Å². The minimum Gasteiger partial charge on any atom is -0.344 e. The summed E-state index contributed by atoms with van der Waals surface area (Å²) < 4.78 is 0. The molecule has 0 aliphatic heterocycles. The highest BCUT2D eigenvalue weighted by Crippen LogP contribution is 2.03. The lowest BCUT2D eigenvalue weighted by Gasteiger charge is -2.23. The molecule has 0 unspecified atom stereocenters. The lowest BCUT2D eigenvalue weighted by atomic mass is 10.0. The molecule has 0 saturated heterocycles. The van der Waals surface area contributed by atoms with Crippen molar-refractivity contribution in [2.75, 3.05) is 13.6 Å². The fraction of sp³-hybridized carbons (Fsp3) is 0.538. The molecular formula is C13H21N3O. The van der Waals surface area contributed by atoms with Crippen LogP contribution >= 0.6 is 0 Å². The molecule has 0 fully saturated rings. The Morgan fingerprint density at radius 2 is 2.18 bits per heavy atom. The molecule has 0 saturated carbocycles. The van der Waals surface area contributed by atoms with E-state index in [1.807, 2.05) is 32.0 Å². The summed E-state index contributed by atoms with van der Waals surface area (Å²) in [5, 5.41) is 0. The number of rotatable bonds is 5. The van der Waals surface area contributed by atoms with Crippen LogP contribution in [0, 0.1) is 5.92 Å². The van der Waals surface area contributed by atoms with Crippen LogP contribution in [0.4, 0.5) is 0 Å². The van der Waals surface area contributed by atoms with E-state index in [-0.39, 0.29) is 11.8 Å². The quantitative estimate of drug-likeness (QED) is 0.830. The number of nitrogens with zero attached hydrogens (tertiary/aromatic N) is 2. The monoisotopic (exact) mass is 235 g/mol. The van der Waals surface area contributed by atoms with Crippen molar-refractivity contribution in [3.05, 3.63) is 30.1 Å². The zero-order valence-electron chi connectivity index (χ0n) is 10.8. The van der Waals surface area contributed by atoms with Gasteiger partial charge in [-0.05, 0) is 18.1 Å². The molecule has 1 aromatic rings. The molecule has 0 spiro atoms. The van der Waals surface area contributed by atoms with E-state index in [1.54, 1.807) is 18.1 Å². The number of nitrogens with two attached hydrogens (primary N) is 1. The summed E-state index contributed by atoms with van der Waals surface area (Å²) in [5.74, 6) is 0.163. The van der Waals surface area contributed by atoms with Crippen molar-refractivity contribution in [2.24, 2.45) is 11.7 Å². The summed E-state index contributed by atoms with van der Waals surface area (Å²) >= 11 is 0. The average molecular weight is 235 g/mol. The van der Waals surface area contributed by atoms with Crippen molar-refractivity contribution in [2.45, 2.75) is 26.3 Å². The summed E-state index contributed by atoms with van der Waals surface area (Å²) in [6, 6.07) is 5.38. The van der Waals surface area contributed by atoms with Gasteiger partial charge in [0.1, 0.15) is 0 Å². The molecule has 0 aliphatic rings. The molecular weight excluding hydrogens is 214 g/mol. The van der Waals surface area contributed by atoms with E-state index in [1.165, 1.54) is 0 Å². The molecule has 2 N–H and O–H groups in total. The van der Waals surface area contributed by atoms with Crippen LogP contribution in [0.25, 0.3) is 0 Å². The van der Waals surface area contributed by atoms with Gasteiger partial charge in [-0.15, -0.1) is 0 Å². The summed E-state index contributed by atoms with van der Waals surface area (Å²) in [6.45, 7) is 4.56. The topological polar surface area (TPSA) is 59.2 Å². The second-order valence-electron chi connectivity index (χ2n) is 4.60. The number of carbonyl (C=O) groups is 1. The van der Waals surface area contributed by atoms with Crippen LogP contribution in [-0.4, -0.2) is 35.4 Å². The zero-order chi connectivity index (χ0) is 12.8. The van der Waals surface area contributed by atoms with Gasteiger partial charge in [0.2, 0.25) is 5.91 Å². The lowest BCUT2D eigenvalue weighted by Crippen LogP contribution is -2.45. The van der Waals surface area contributed by atoms with Crippen LogP contribution in [0.2, 0.25) is 0 Å². The molecule has 1 rings (SSSR count). The fourth-order valence-electron chi connectivity index (χ4n) is 1.48. The normalized spacial score (nSPS) is 12.5. The number of hydrogen-bond donors (Lipinski definition) is 1. The third kappa shape index (κ3) is 4.15. The van der Waals surface area contributed by atoms with E-state index in [0.717, 1.165) is 12.1 Å². The molecule has 94 valence electrons. The number of likely N-dealkylation sites (N-methyl/N-ethyl adjacent to an activating group) is 1. The molecule has 1 atom stereocenters. The first kappa shape index (κ1) is 13.6. The van der Waals surface area contributed by atoms with Gasteiger partial charge in [-0.3, -0.25) is 9.78 Å². The molecule has 0 radical (unpaired) electrons. The van der Waals surface area contributed by atoms with Crippen LogP contribution < -0.4 is 5.73 Å². The summed E-state index contributed by atoms with van der Waals surface area (Å²) in [5.41, 5.74) is 6.81. The SMILES string of the molecule is CC(C)[C@H](N)C(=O)N(C)CCc1ccccn1. The lowest BCUT2D eigenvalue weighted by molar-refractivity contribution is -0.132. The Bertz CT molecular complexity index is 351. The smallest absolute Gasteiger partial charge is 0.239 e. The highest BCUT2D eigenvalue weighted by molar-refractivity contribution is 5.81. The third-order valence-electron chi connectivity index (χ3n) is 2.81. The van der Waals surface area contributed by atoms with Gasteiger partial charge in [0.25, 0.3) is 0 Å². The maximum absolute atomic E-state index is 11.9. The van der Waals surface area contributed by atoms with E-state index in [4.69, 9.17) is 5.73 Å². The van der Waals surface area contributed by atoms with Gasteiger partial charge in [0.15, 0.2) is 0 Å². The fourth-order valence-corrected chi connectivity index (χ4v) is 1.48. The van der Waals surface area contributed by atoms with Gasteiger partial charge in [-0.1, -0.05) is 19.9 Å². The Labute approximate surface area is 103 Å². The average Bonchev–Trinajstić information content (AvgIpc) is 2.35. The van der Waals surface area contributed by atoms with Crippen LogP contribution in [-0.2, 0) is 11.2 Å². The predicted octanol–water partition coefficient (Wildman–Crippen LogP) is 1.07. The minimum absolute atomic E-state index is 0.00377. The number of amides is 1. The Morgan fingerprint density at radius 1 is 1.47 bits per heavy atom. The van der Waals surface area contributed by atoms with Gasteiger partial charge in [0.05, 0.1) is 6.04 Å². The van der Waals surface area contributed by atoms with Crippen molar-refractivity contribution in [1.82, 2.24) is 9.88 Å². The van der Waals surface area contributed by atoms with Crippen LogP contribution in [0.3, 0.4) is 0 Å². The van der Waals surface area contributed by atoms with Gasteiger partial charge in [-0.2, -0.15) is 0 Å². The maximum Gasteiger partial charge on any atom is 0.239 e. The Hall–Kier alpha value is -1.42.